The zero-order valence-electron chi connectivity index (χ0n) is 11.0. The van der Waals surface area contributed by atoms with Crippen LogP contribution in [0, 0.1) is 0 Å². The molecule has 5 heteroatoms. The average molecular weight is 250 g/mol. The zero-order chi connectivity index (χ0) is 13.3. The largest absolute Gasteiger partial charge is 0.449 e. The van der Waals surface area contributed by atoms with E-state index < -0.39 is 5.79 Å². The fourth-order valence-electron chi connectivity index (χ4n) is 1.68. The van der Waals surface area contributed by atoms with Gasteiger partial charge in [-0.3, -0.25) is 4.79 Å². The van der Waals surface area contributed by atoms with E-state index in [0.29, 0.717) is 17.2 Å². The first-order valence-electron chi connectivity index (χ1n) is 5.91. The Labute approximate surface area is 106 Å². The molecule has 1 aliphatic rings. The van der Waals surface area contributed by atoms with Gasteiger partial charge in [0, 0.05) is 25.6 Å². The predicted molar refractivity (Wildman–Crippen MR) is 68.9 cm³/mol. The Morgan fingerprint density at radius 3 is 2.61 bits per heavy atom. The first kappa shape index (κ1) is 12.7. The molecule has 2 rings (SSSR count). The molecule has 98 valence electrons. The number of ether oxygens (including phenoxy) is 2. The number of likely N-dealkylation sites (N-methyl/N-ethyl adjacent to an activating group) is 1. The number of rotatable bonds is 3. The van der Waals surface area contributed by atoms with Crippen LogP contribution in [0.1, 0.15) is 20.8 Å². The van der Waals surface area contributed by atoms with Crippen molar-refractivity contribution in [1.82, 2.24) is 5.32 Å². The molecule has 0 spiro atoms. The smallest absolute Gasteiger partial charge is 0.246 e. The normalized spacial score (nSPS) is 17.3. The highest BCUT2D eigenvalue weighted by Crippen LogP contribution is 2.40. The van der Waals surface area contributed by atoms with Crippen LogP contribution in [0.3, 0.4) is 0 Å². The Morgan fingerprint density at radius 2 is 1.94 bits per heavy atom. The van der Waals surface area contributed by atoms with Gasteiger partial charge in [0.15, 0.2) is 11.5 Å². The Balaban J connectivity index is 2.12. The molecule has 0 saturated heterocycles. The quantitative estimate of drug-likeness (QED) is 0.858. The van der Waals surface area contributed by atoms with Crippen molar-refractivity contribution in [3.05, 3.63) is 18.2 Å². The number of anilines is 1. The van der Waals surface area contributed by atoms with Crippen LogP contribution in [0.2, 0.25) is 0 Å². The minimum atomic E-state index is -0.650. The van der Waals surface area contributed by atoms with Crippen LogP contribution in [0.15, 0.2) is 18.2 Å². The van der Waals surface area contributed by atoms with E-state index in [9.17, 15) is 4.79 Å². The molecule has 1 aliphatic heterocycles. The van der Waals surface area contributed by atoms with Crippen molar-refractivity contribution in [3.8, 4) is 11.5 Å². The predicted octanol–water partition coefficient (Wildman–Crippen LogP) is 1.74. The van der Waals surface area contributed by atoms with Crippen LogP contribution in [0.25, 0.3) is 0 Å². The minimum absolute atomic E-state index is 0.0874. The molecular formula is C13H18N2O3. The van der Waals surface area contributed by atoms with Crippen molar-refractivity contribution >= 4 is 11.6 Å². The lowest BCUT2D eigenvalue weighted by Crippen LogP contribution is -2.35. The van der Waals surface area contributed by atoms with Crippen molar-refractivity contribution in [2.45, 2.75) is 32.6 Å². The van der Waals surface area contributed by atoms with Crippen molar-refractivity contribution in [1.29, 1.82) is 0 Å². The van der Waals surface area contributed by atoms with Gasteiger partial charge in [0.2, 0.25) is 11.7 Å². The fraction of sp³-hybridized carbons (Fsp3) is 0.462. The van der Waals surface area contributed by atoms with E-state index in [1.54, 1.807) is 32.2 Å². The highest BCUT2D eigenvalue weighted by Gasteiger charge is 2.31. The van der Waals surface area contributed by atoms with E-state index in [2.05, 4.69) is 10.6 Å². The highest BCUT2D eigenvalue weighted by atomic mass is 16.7. The Bertz CT molecular complexity index is 471. The van der Waals surface area contributed by atoms with Crippen molar-refractivity contribution in [2.75, 3.05) is 12.4 Å². The molecule has 0 radical (unpaired) electrons. The van der Waals surface area contributed by atoms with Crippen molar-refractivity contribution in [3.63, 3.8) is 0 Å². The number of nitrogens with one attached hydrogen (secondary N) is 2. The van der Waals surface area contributed by atoms with E-state index in [1.165, 1.54) is 0 Å². The first-order chi connectivity index (χ1) is 8.41. The number of amides is 1. The summed E-state index contributed by atoms with van der Waals surface area (Å²) < 4.78 is 11.2. The van der Waals surface area contributed by atoms with Crippen molar-refractivity contribution < 1.29 is 14.3 Å². The summed E-state index contributed by atoms with van der Waals surface area (Å²) in [7, 11) is 1.74. The summed E-state index contributed by atoms with van der Waals surface area (Å²) in [5.41, 5.74) is 0.696. The molecule has 18 heavy (non-hydrogen) atoms. The molecule has 0 fully saturated rings. The van der Waals surface area contributed by atoms with Gasteiger partial charge in [0.05, 0.1) is 6.04 Å². The summed E-state index contributed by atoms with van der Waals surface area (Å²) in [6, 6.07) is 5.12. The van der Waals surface area contributed by atoms with Gasteiger partial charge in [-0.15, -0.1) is 0 Å². The van der Waals surface area contributed by atoms with Gasteiger partial charge < -0.3 is 20.1 Å². The standard InChI is InChI=1S/C13H18N2O3/c1-8(14-4)12(16)15-9-5-6-10-11(7-9)18-13(2,3)17-10/h5-8,14H,1-4H3,(H,15,16). The zero-order valence-corrected chi connectivity index (χ0v) is 11.0. The second kappa shape index (κ2) is 4.49. The van der Waals surface area contributed by atoms with E-state index in [4.69, 9.17) is 9.47 Å². The summed E-state index contributed by atoms with van der Waals surface area (Å²) in [5.74, 6) is 0.605. The molecule has 1 aromatic rings. The average Bonchev–Trinajstić information content (AvgIpc) is 2.61. The number of hydrogen-bond acceptors (Lipinski definition) is 4. The van der Waals surface area contributed by atoms with Crippen LogP contribution in [0.5, 0.6) is 11.5 Å². The summed E-state index contributed by atoms with van der Waals surface area (Å²) in [4.78, 5) is 11.7. The number of carbonyl (C=O) groups excluding carboxylic acids is 1. The molecular weight excluding hydrogens is 232 g/mol. The molecule has 2 N–H and O–H groups in total. The topological polar surface area (TPSA) is 59.6 Å². The number of benzene rings is 1. The Morgan fingerprint density at radius 1 is 1.28 bits per heavy atom. The third-order valence-corrected chi connectivity index (χ3v) is 2.75. The first-order valence-corrected chi connectivity index (χ1v) is 5.91. The lowest BCUT2D eigenvalue weighted by atomic mass is 10.2. The van der Waals surface area contributed by atoms with Gasteiger partial charge >= 0.3 is 0 Å². The molecule has 0 aliphatic carbocycles. The molecule has 1 aromatic carbocycles. The molecule has 0 saturated carbocycles. The summed E-state index contributed by atoms with van der Waals surface area (Å²) in [5, 5.41) is 5.70. The van der Waals surface area contributed by atoms with Gasteiger partial charge in [-0.25, -0.2) is 0 Å². The molecule has 0 aromatic heterocycles. The highest BCUT2D eigenvalue weighted by molar-refractivity contribution is 5.94. The van der Waals surface area contributed by atoms with Gasteiger partial charge in [-0.05, 0) is 26.1 Å². The maximum atomic E-state index is 11.7. The van der Waals surface area contributed by atoms with E-state index >= 15 is 0 Å². The lowest BCUT2D eigenvalue weighted by Gasteiger charge is -2.16. The van der Waals surface area contributed by atoms with Crippen LogP contribution < -0.4 is 20.1 Å². The molecule has 1 atom stereocenters. The third-order valence-electron chi connectivity index (χ3n) is 2.75. The van der Waals surface area contributed by atoms with Crippen LogP contribution in [-0.2, 0) is 4.79 Å². The van der Waals surface area contributed by atoms with Crippen molar-refractivity contribution in [2.24, 2.45) is 0 Å². The van der Waals surface area contributed by atoms with Gasteiger partial charge in [0.25, 0.3) is 0 Å². The van der Waals surface area contributed by atoms with Crippen LogP contribution in [-0.4, -0.2) is 24.8 Å². The monoisotopic (exact) mass is 250 g/mol. The van der Waals surface area contributed by atoms with Gasteiger partial charge in [-0.2, -0.15) is 0 Å². The Hall–Kier alpha value is -1.75. The SMILES string of the molecule is CNC(C)C(=O)Nc1ccc2c(c1)OC(C)(C)O2. The third kappa shape index (κ3) is 2.56. The van der Waals surface area contributed by atoms with Crippen LogP contribution >= 0.6 is 0 Å². The summed E-state index contributed by atoms with van der Waals surface area (Å²) >= 11 is 0. The fourth-order valence-corrected chi connectivity index (χ4v) is 1.68. The maximum Gasteiger partial charge on any atom is 0.246 e. The molecule has 1 unspecified atom stereocenters. The number of hydrogen-bond donors (Lipinski definition) is 2. The lowest BCUT2D eigenvalue weighted by molar-refractivity contribution is -0.117. The molecule has 5 nitrogen and oxygen atoms in total. The minimum Gasteiger partial charge on any atom is -0.449 e. The summed E-state index contributed by atoms with van der Waals surface area (Å²) in [6.45, 7) is 5.48. The number of fused-ring (bicyclic) bond motifs is 1. The second-order valence-electron chi connectivity index (χ2n) is 4.77. The van der Waals surface area contributed by atoms with E-state index in [0.717, 1.165) is 0 Å². The Kier molecular flexibility index (Phi) is 3.17. The van der Waals surface area contributed by atoms with E-state index in [-0.39, 0.29) is 11.9 Å². The second-order valence-corrected chi connectivity index (χ2v) is 4.77. The van der Waals surface area contributed by atoms with Gasteiger partial charge in [-0.1, -0.05) is 0 Å². The van der Waals surface area contributed by atoms with E-state index in [1.807, 2.05) is 13.8 Å². The van der Waals surface area contributed by atoms with Gasteiger partial charge in [0.1, 0.15) is 0 Å². The summed E-state index contributed by atoms with van der Waals surface area (Å²) in [6.07, 6.45) is 0. The molecule has 1 heterocycles. The van der Waals surface area contributed by atoms with Crippen LogP contribution in [0.4, 0.5) is 5.69 Å². The molecule has 0 bridgehead atoms. The molecule has 1 amide bonds. The number of carbonyl (C=O) groups is 1. The maximum absolute atomic E-state index is 11.7.